The molecule has 0 spiro atoms. The summed E-state index contributed by atoms with van der Waals surface area (Å²) >= 11 is 0. The maximum atomic E-state index is 12.8. The minimum absolute atomic E-state index is 0.0206. The Kier molecular flexibility index (Phi) is 6.47. The molecule has 112 valence electrons. The molecule has 0 aromatic heterocycles. The van der Waals surface area contributed by atoms with E-state index in [2.05, 4.69) is 0 Å². The molecule has 0 radical (unpaired) electrons. The van der Waals surface area contributed by atoms with Crippen molar-refractivity contribution in [3.05, 3.63) is 29.3 Å². The minimum atomic E-state index is -4.58. The summed E-state index contributed by atoms with van der Waals surface area (Å²) in [6.45, 7) is 0.876. The van der Waals surface area contributed by atoms with Crippen LogP contribution in [-0.2, 0) is 15.7 Å². The van der Waals surface area contributed by atoms with Crippen molar-refractivity contribution in [2.45, 2.75) is 6.18 Å². The van der Waals surface area contributed by atoms with E-state index in [1.54, 1.807) is 0 Å². The summed E-state index contributed by atoms with van der Waals surface area (Å²) in [6.07, 6.45) is -4.22. The fourth-order valence-electron chi connectivity index (χ4n) is 1.42. The van der Waals surface area contributed by atoms with Gasteiger partial charge in [-0.2, -0.15) is 13.2 Å². The van der Waals surface area contributed by atoms with Crippen molar-refractivity contribution in [3.8, 4) is 5.75 Å². The molecular weight excluding hydrogens is 277 g/mol. The fourth-order valence-corrected chi connectivity index (χ4v) is 1.42. The number of ether oxygens (including phenoxy) is 3. The van der Waals surface area contributed by atoms with E-state index in [1.807, 2.05) is 0 Å². The number of carbonyl (C=O) groups is 1. The van der Waals surface area contributed by atoms with Gasteiger partial charge in [0.2, 0.25) is 0 Å². The van der Waals surface area contributed by atoms with Gasteiger partial charge in [0.1, 0.15) is 18.6 Å². The van der Waals surface area contributed by atoms with Crippen LogP contribution < -0.4 is 4.74 Å². The number of hydrogen-bond acceptors (Lipinski definition) is 4. The minimum Gasteiger partial charge on any atom is -0.491 e. The van der Waals surface area contributed by atoms with Gasteiger partial charge in [0.05, 0.1) is 25.4 Å². The summed E-state index contributed by atoms with van der Waals surface area (Å²) in [5, 5.41) is 0. The Morgan fingerprint density at radius 1 is 1.15 bits per heavy atom. The summed E-state index contributed by atoms with van der Waals surface area (Å²) in [4.78, 5) is 10.5. The van der Waals surface area contributed by atoms with Gasteiger partial charge in [0.25, 0.3) is 0 Å². The number of alkyl halides is 3. The van der Waals surface area contributed by atoms with Gasteiger partial charge >= 0.3 is 6.18 Å². The van der Waals surface area contributed by atoms with Crippen molar-refractivity contribution in [3.63, 3.8) is 0 Å². The van der Waals surface area contributed by atoms with Gasteiger partial charge in [-0.25, -0.2) is 0 Å². The van der Waals surface area contributed by atoms with E-state index in [1.165, 1.54) is 13.2 Å². The lowest BCUT2D eigenvalue weighted by molar-refractivity contribution is -0.139. The molecule has 20 heavy (non-hydrogen) atoms. The summed E-state index contributed by atoms with van der Waals surface area (Å²) in [7, 11) is 1.52. The zero-order valence-corrected chi connectivity index (χ0v) is 10.9. The lowest BCUT2D eigenvalue weighted by Gasteiger charge is -2.14. The third kappa shape index (κ3) is 5.18. The third-order valence-electron chi connectivity index (χ3n) is 2.36. The van der Waals surface area contributed by atoms with Crippen LogP contribution in [0.25, 0.3) is 0 Å². The highest BCUT2D eigenvalue weighted by molar-refractivity contribution is 5.75. The molecule has 0 saturated heterocycles. The predicted molar refractivity (Wildman–Crippen MR) is 65.0 cm³/mol. The number of carbonyl (C=O) groups excluding carboxylic acids is 1. The SMILES string of the molecule is COCCOCCOc1ccc(C=O)cc1C(F)(F)F. The smallest absolute Gasteiger partial charge is 0.419 e. The van der Waals surface area contributed by atoms with Crippen LogP contribution in [0.1, 0.15) is 15.9 Å². The first-order valence-corrected chi connectivity index (χ1v) is 5.85. The van der Waals surface area contributed by atoms with Gasteiger partial charge in [0.15, 0.2) is 0 Å². The van der Waals surface area contributed by atoms with Crippen LogP contribution in [0, 0.1) is 0 Å². The quantitative estimate of drug-likeness (QED) is 0.545. The molecule has 0 N–H and O–H groups in total. The maximum absolute atomic E-state index is 12.8. The zero-order valence-electron chi connectivity index (χ0n) is 10.9. The van der Waals surface area contributed by atoms with Gasteiger partial charge in [0, 0.05) is 12.7 Å². The Labute approximate surface area is 114 Å². The summed E-state index contributed by atoms with van der Waals surface area (Å²) < 4.78 is 53.3. The molecule has 0 aliphatic heterocycles. The van der Waals surface area contributed by atoms with Crippen molar-refractivity contribution < 1.29 is 32.2 Å². The molecule has 4 nitrogen and oxygen atoms in total. The van der Waals surface area contributed by atoms with Gasteiger partial charge in [-0.15, -0.1) is 0 Å². The molecule has 1 rings (SSSR count). The second-order valence-electron chi connectivity index (χ2n) is 3.82. The molecule has 0 aliphatic rings. The number of methoxy groups -OCH3 is 1. The van der Waals surface area contributed by atoms with Crippen LogP contribution >= 0.6 is 0 Å². The molecule has 1 aromatic carbocycles. The molecule has 0 amide bonds. The number of halogens is 3. The van der Waals surface area contributed by atoms with Crippen LogP contribution in [-0.4, -0.2) is 39.8 Å². The second-order valence-corrected chi connectivity index (χ2v) is 3.82. The normalized spacial score (nSPS) is 11.4. The standard InChI is InChI=1S/C13H15F3O4/c1-18-4-5-19-6-7-20-12-3-2-10(9-17)8-11(12)13(14,15)16/h2-3,8-9H,4-7H2,1H3. The molecule has 7 heteroatoms. The molecule has 0 bridgehead atoms. The number of rotatable bonds is 8. The Balaban J connectivity index is 2.62. The van der Waals surface area contributed by atoms with Crippen LogP contribution in [0.5, 0.6) is 5.75 Å². The number of hydrogen-bond donors (Lipinski definition) is 0. The maximum Gasteiger partial charge on any atom is 0.419 e. The Morgan fingerprint density at radius 3 is 2.45 bits per heavy atom. The van der Waals surface area contributed by atoms with Crippen molar-refractivity contribution in [2.75, 3.05) is 33.5 Å². The van der Waals surface area contributed by atoms with Gasteiger partial charge in [-0.05, 0) is 18.2 Å². The van der Waals surface area contributed by atoms with E-state index < -0.39 is 11.7 Å². The van der Waals surface area contributed by atoms with E-state index in [0.717, 1.165) is 12.1 Å². The molecular formula is C13H15F3O4. The average Bonchev–Trinajstić information content (AvgIpc) is 2.41. The van der Waals surface area contributed by atoms with E-state index in [0.29, 0.717) is 19.5 Å². The van der Waals surface area contributed by atoms with Crippen molar-refractivity contribution in [1.29, 1.82) is 0 Å². The molecule has 0 atom stereocenters. The second kappa shape index (κ2) is 7.86. The molecule has 0 unspecified atom stereocenters. The first-order valence-electron chi connectivity index (χ1n) is 5.85. The predicted octanol–water partition coefficient (Wildman–Crippen LogP) is 2.56. The van der Waals surface area contributed by atoms with Crippen molar-refractivity contribution >= 4 is 6.29 Å². The first-order chi connectivity index (χ1) is 9.49. The number of aldehydes is 1. The van der Waals surface area contributed by atoms with Gasteiger partial charge < -0.3 is 14.2 Å². The lowest BCUT2D eigenvalue weighted by atomic mass is 10.1. The molecule has 0 heterocycles. The largest absolute Gasteiger partial charge is 0.491 e. The van der Waals surface area contributed by atoms with Crippen LogP contribution in [0.3, 0.4) is 0 Å². The molecule has 1 aromatic rings. The topological polar surface area (TPSA) is 44.8 Å². The lowest BCUT2D eigenvalue weighted by Crippen LogP contribution is -2.13. The highest BCUT2D eigenvalue weighted by Gasteiger charge is 2.34. The summed E-state index contributed by atoms with van der Waals surface area (Å²) in [5.41, 5.74) is -1.03. The van der Waals surface area contributed by atoms with E-state index in [4.69, 9.17) is 14.2 Å². The van der Waals surface area contributed by atoms with E-state index in [9.17, 15) is 18.0 Å². The molecule has 0 aliphatic carbocycles. The Bertz CT molecular complexity index is 432. The zero-order chi connectivity index (χ0) is 15.0. The van der Waals surface area contributed by atoms with Crippen LogP contribution in [0.15, 0.2) is 18.2 Å². The third-order valence-corrected chi connectivity index (χ3v) is 2.36. The summed E-state index contributed by atoms with van der Waals surface area (Å²) in [6, 6.07) is 3.15. The number of benzene rings is 1. The van der Waals surface area contributed by atoms with Crippen molar-refractivity contribution in [2.24, 2.45) is 0 Å². The van der Waals surface area contributed by atoms with E-state index in [-0.39, 0.29) is 24.5 Å². The van der Waals surface area contributed by atoms with Gasteiger partial charge in [-0.3, -0.25) is 4.79 Å². The Hall–Kier alpha value is -1.60. The molecule has 0 saturated carbocycles. The van der Waals surface area contributed by atoms with Crippen LogP contribution in [0.4, 0.5) is 13.2 Å². The fraction of sp³-hybridized carbons (Fsp3) is 0.462. The summed E-state index contributed by atoms with van der Waals surface area (Å²) in [5.74, 6) is -0.321. The first kappa shape index (κ1) is 16.5. The average molecular weight is 292 g/mol. The highest BCUT2D eigenvalue weighted by Crippen LogP contribution is 2.36. The Morgan fingerprint density at radius 2 is 1.85 bits per heavy atom. The van der Waals surface area contributed by atoms with Gasteiger partial charge in [-0.1, -0.05) is 0 Å². The van der Waals surface area contributed by atoms with E-state index >= 15 is 0 Å². The van der Waals surface area contributed by atoms with Crippen LogP contribution in [0.2, 0.25) is 0 Å². The van der Waals surface area contributed by atoms with Crippen molar-refractivity contribution in [1.82, 2.24) is 0 Å². The monoisotopic (exact) mass is 292 g/mol. The molecule has 0 fully saturated rings. The highest BCUT2D eigenvalue weighted by atomic mass is 19.4.